The SMILES string of the molecule is CC(C)(C)OC(=O)N1CCCC(c2cn3ncnc3c(Nc3ccc4c(c3)NC(=O)CCC4)n2)C1. The van der Waals surface area contributed by atoms with Gasteiger partial charge >= 0.3 is 6.09 Å². The van der Waals surface area contributed by atoms with Crippen molar-refractivity contribution in [3.8, 4) is 0 Å². The van der Waals surface area contributed by atoms with E-state index >= 15 is 0 Å². The molecule has 3 aromatic rings. The smallest absolute Gasteiger partial charge is 0.410 e. The number of aryl methyl sites for hydroxylation is 1. The molecule has 0 bridgehead atoms. The summed E-state index contributed by atoms with van der Waals surface area (Å²) in [6.45, 7) is 6.82. The Hall–Kier alpha value is -3.69. The number of rotatable bonds is 3. The average Bonchev–Trinajstić information content (AvgIpc) is 3.20. The summed E-state index contributed by atoms with van der Waals surface area (Å²) in [6, 6.07) is 5.96. The van der Waals surface area contributed by atoms with Crippen LogP contribution in [0.1, 0.15) is 63.6 Å². The lowest BCUT2D eigenvalue weighted by Crippen LogP contribution is -2.42. The molecule has 2 aliphatic rings. The molecule has 35 heavy (non-hydrogen) atoms. The summed E-state index contributed by atoms with van der Waals surface area (Å²) in [4.78, 5) is 35.7. The molecule has 10 nitrogen and oxygen atoms in total. The van der Waals surface area contributed by atoms with E-state index < -0.39 is 5.60 Å². The summed E-state index contributed by atoms with van der Waals surface area (Å²) >= 11 is 0. The van der Waals surface area contributed by atoms with Crippen molar-refractivity contribution in [2.75, 3.05) is 23.7 Å². The highest BCUT2D eigenvalue weighted by Crippen LogP contribution is 2.31. The Balaban J connectivity index is 1.41. The van der Waals surface area contributed by atoms with Crippen LogP contribution in [0.2, 0.25) is 0 Å². The number of likely N-dealkylation sites (tertiary alicyclic amines) is 1. The zero-order valence-electron chi connectivity index (χ0n) is 20.4. The highest BCUT2D eigenvalue weighted by Gasteiger charge is 2.30. The molecule has 0 saturated carbocycles. The van der Waals surface area contributed by atoms with Gasteiger partial charge in [-0.15, -0.1) is 0 Å². The van der Waals surface area contributed by atoms with E-state index in [1.54, 1.807) is 9.42 Å². The molecule has 2 aliphatic heterocycles. The minimum atomic E-state index is -0.535. The lowest BCUT2D eigenvalue weighted by Gasteiger charge is -2.34. The fourth-order valence-corrected chi connectivity index (χ4v) is 4.62. The Morgan fingerprint density at radius 2 is 2.09 bits per heavy atom. The van der Waals surface area contributed by atoms with Crippen LogP contribution < -0.4 is 10.6 Å². The Morgan fingerprint density at radius 1 is 1.23 bits per heavy atom. The number of amides is 2. The van der Waals surface area contributed by atoms with Crippen LogP contribution in [0.3, 0.4) is 0 Å². The molecule has 10 heteroatoms. The van der Waals surface area contributed by atoms with Gasteiger partial charge < -0.3 is 20.3 Å². The fourth-order valence-electron chi connectivity index (χ4n) is 4.62. The third kappa shape index (κ3) is 5.21. The van der Waals surface area contributed by atoms with E-state index in [2.05, 4.69) is 20.7 Å². The summed E-state index contributed by atoms with van der Waals surface area (Å²) in [5.41, 5.74) is 3.66. The lowest BCUT2D eigenvalue weighted by atomic mass is 9.95. The molecule has 1 atom stereocenters. The van der Waals surface area contributed by atoms with Crippen LogP contribution in [0.5, 0.6) is 0 Å². The van der Waals surface area contributed by atoms with Gasteiger partial charge in [0.1, 0.15) is 11.9 Å². The first-order valence-corrected chi connectivity index (χ1v) is 12.1. The van der Waals surface area contributed by atoms with Crippen molar-refractivity contribution in [2.45, 2.75) is 64.4 Å². The van der Waals surface area contributed by atoms with Crippen molar-refractivity contribution in [2.24, 2.45) is 0 Å². The van der Waals surface area contributed by atoms with Crippen LogP contribution in [0.15, 0.2) is 30.7 Å². The van der Waals surface area contributed by atoms with Gasteiger partial charge in [0.15, 0.2) is 11.5 Å². The highest BCUT2D eigenvalue weighted by atomic mass is 16.6. The van der Waals surface area contributed by atoms with Crippen molar-refractivity contribution >= 4 is 34.8 Å². The van der Waals surface area contributed by atoms with E-state index in [1.807, 2.05) is 45.2 Å². The summed E-state index contributed by atoms with van der Waals surface area (Å²) in [6.07, 6.45) is 7.11. The largest absolute Gasteiger partial charge is 0.444 e. The number of piperidine rings is 1. The van der Waals surface area contributed by atoms with E-state index in [4.69, 9.17) is 9.72 Å². The van der Waals surface area contributed by atoms with E-state index in [1.165, 1.54) is 6.33 Å². The first-order chi connectivity index (χ1) is 16.7. The molecule has 0 aliphatic carbocycles. The van der Waals surface area contributed by atoms with Gasteiger partial charge in [-0.3, -0.25) is 4.79 Å². The topological polar surface area (TPSA) is 114 Å². The van der Waals surface area contributed by atoms with Crippen LogP contribution >= 0.6 is 0 Å². The lowest BCUT2D eigenvalue weighted by molar-refractivity contribution is -0.116. The number of ether oxygens (including phenoxy) is 1. The van der Waals surface area contributed by atoms with Gasteiger partial charge in [0.05, 0.1) is 11.9 Å². The molecule has 4 heterocycles. The number of hydrogen-bond acceptors (Lipinski definition) is 7. The third-order valence-electron chi connectivity index (χ3n) is 6.27. The Labute approximate surface area is 204 Å². The number of fused-ring (bicyclic) bond motifs is 2. The standard InChI is InChI=1S/C25H31N7O3/c1-25(2,3)35-24(34)31-11-5-7-17(13-31)20-14-32-23(26-15-27-32)22(30-20)28-18-10-9-16-6-4-8-21(33)29-19(16)12-18/h9-10,12,14-15,17H,4-8,11,13H2,1-3H3,(H,28,30)(H,29,33). The molecule has 2 aromatic heterocycles. The zero-order valence-corrected chi connectivity index (χ0v) is 20.4. The van der Waals surface area contributed by atoms with Gasteiger partial charge in [0.25, 0.3) is 0 Å². The molecular weight excluding hydrogens is 446 g/mol. The quantitative estimate of drug-likeness (QED) is 0.579. The second-order valence-corrected chi connectivity index (χ2v) is 10.2. The number of carbonyl (C=O) groups excluding carboxylic acids is 2. The number of nitrogens with one attached hydrogen (secondary N) is 2. The predicted molar refractivity (Wildman–Crippen MR) is 132 cm³/mol. The molecule has 184 valence electrons. The van der Waals surface area contributed by atoms with E-state index in [-0.39, 0.29) is 17.9 Å². The van der Waals surface area contributed by atoms with Crippen LogP contribution in [0, 0.1) is 0 Å². The van der Waals surface area contributed by atoms with E-state index in [9.17, 15) is 9.59 Å². The molecule has 1 fully saturated rings. The van der Waals surface area contributed by atoms with Gasteiger partial charge in [-0.25, -0.2) is 19.3 Å². The first kappa shape index (κ1) is 23.1. The monoisotopic (exact) mass is 477 g/mol. The number of benzene rings is 1. The molecule has 1 unspecified atom stereocenters. The highest BCUT2D eigenvalue weighted by molar-refractivity contribution is 5.93. The minimum absolute atomic E-state index is 0.0349. The normalized spacial score (nSPS) is 18.5. The van der Waals surface area contributed by atoms with E-state index in [0.29, 0.717) is 31.0 Å². The van der Waals surface area contributed by atoms with Crippen molar-refractivity contribution < 1.29 is 14.3 Å². The van der Waals surface area contributed by atoms with Crippen LogP contribution in [0.4, 0.5) is 22.0 Å². The molecule has 1 aromatic carbocycles. The van der Waals surface area contributed by atoms with Gasteiger partial charge in [-0.05, 0) is 64.2 Å². The molecule has 0 spiro atoms. The van der Waals surface area contributed by atoms with Crippen LogP contribution in [-0.4, -0.2) is 55.2 Å². The zero-order chi connectivity index (χ0) is 24.6. The molecule has 2 N–H and O–H groups in total. The van der Waals surface area contributed by atoms with Gasteiger partial charge in [-0.2, -0.15) is 5.10 Å². The molecule has 2 amide bonds. The van der Waals surface area contributed by atoms with Crippen LogP contribution in [-0.2, 0) is 16.0 Å². The number of carbonyl (C=O) groups is 2. The van der Waals surface area contributed by atoms with Crippen molar-refractivity contribution in [3.63, 3.8) is 0 Å². The first-order valence-electron chi connectivity index (χ1n) is 12.1. The maximum atomic E-state index is 12.6. The minimum Gasteiger partial charge on any atom is -0.444 e. The summed E-state index contributed by atoms with van der Waals surface area (Å²) in [5, 5.41) is 10.7. The van der Waals surface area contributed by atoms with Gasteiger partial charge in [0, 0.05) is 36.8 Å². The molecule has 5 rings (SSSR count). The van der Waals surface area contributed by atoms with Crippen LogP contribution in [0.25, 0.3) is 5.65 Å². The number of anilines is 3. The third-order valence-corrected chi connectivity index (χ3v) is 6.27. The molecule has 0 radical (unpaired) electrons. The Kier molecular flexibility index (Phi) is 6.04. The fraction of sp³-hybridized carbons (Fsp3) is 0.480. The second kappa shape index (κ2) is 9.16. The summed E-state index contributed by atoms with van der Waals surface area (Å²) in [5.74, 6) is 0.666. The molecule has 1 saturated heterocycles. The summed E-state index contributed by atoms with van der Waals surface area (Å²) in [7, 11) is 0. The van der Waals surface area contributed by atoms with E-state index in [0.717, 1.165) is 48.3 Å². The number of aromatic nitrogens is 4. The van der Waals surface area contributed by atoms with Gasteiger partial charge in [-0.1, -0.05) is 6.07 Å². The maximum absolute atomic E-state index is 12.6. The molecular formula is C25H31N7O3. The van der Waals surface area contributed by atoms with Gasteiger partial charge in [0.2, 0.25) is 5.91 Å². The van der Waals surface area contributed by atoms with Crippen molar-refractivity contribution in [1.29, 1.82) is 0 Å². The Morgan fingerprint density at radius 3 is 2.91 bits per heavy atom. The average molecular weight is 478 g/mol. The summed E-state index contributed by atoms with van der Waals surface area (Å²) < 4.78 is 7.29. The predicted octanol–water partition coefficient (Wildman–Crippen LogP) is 4.26. The maximum Gasteiger partial charge on any atom is 0.410 e. The van der Waals surface area contributed by atoms with Crippen molar-refractivity contribution in [1.82, 2.24) is 24.5 Å². The van der Waals surface area contributed by atoms with Crippen molar-refractivity contribution in [3.05, 3.63) is 42.0 Å². The number of hydrogen-bond donors (Lipinski definition) is 2. The number of nitrogens with zero attached hydrogens (tertiary/aromatic N) is 5. The second-order valence-electron chi connectivity index (χ2n) is 10.2. The Bertz CT molecular complexity index is 1260.